The minimum absolute atomic E-state index is 0.183. The Kier molecular flexibility index (Phi) is 5.51. The van der Waals surface area contributed by atoms with Gasteiger partial charge in [0.05, 0.1) is 12.1 Å². The highest BCUT2D eigenvalue weighted by molar-refractivity contribution is 5.92. The number of benzene rings is 1. The Morgan fingerprint density at radius 1 is 1.24 bits per heavy atom. The number of aliphatic hydroxyl groups is 1. The molecule has 0 spiro atoms. The molecule has 2 saturated heterocycles. The third-order valence-electron chi connectivity index (χ3n) is 5.07. The monoisotopic (exact) mass is 347 g/mol. The number of β-amino-alcohol motifs (C(OH)–C–C–N with tert-alkyl or cyclic N) is 1. The highest BCUT2D eigenvalue weighted by atomic mass is 19.1. The fourth-order valence-corrected chi connectivity index (χ4v) is 3.47. The second-order valence-electron chi connectivity index (χ2n) is 7.17. The van der Waals surface area contributed by atoms with Gasteiger partial charge in [0, 0.05) is 50.9 Å². The molecule has 1 amide bonds. The van der Waals surface area contributed by atoms with Gasteiger partial charge in [-0.05, 0) is 25.6 Å². The van der Waals surface area contributed by atoms with Crippen molar-refractivity contribution in [1.29, 1.82) is 0 Å². The number of carbonyl (C=O) groups is 1. The lowest BCUT2D eigenvalue weighted by Crippen LogP contribution is -2.52. The van der Waals surface area contributed by atoms with Crippen LogP contribution in [-0.4, -0.2) is 84.2 Å². The summed E-state index contributed by atoms with van der Waals surface area (Å²) in [5, 5.41) is 10.8. The molecule has 1 atom stereocenters. The Labute approximate surface area is 148 Å². The summed E-state index contributed by atoms with van der Waals surface area (Å²) in [4.78, 5) is 18.5. The van der Waals surface area contributed by atoms with Gasteiger partial charge in [0.2, 0.25) is 5.91 Å². The molecule has 2 heterocycles. The topological polar surface area (TPSA) is 47.0 Å². The largest absolute Gasteiger partial charge is 0.387 e. The van der Waals surface area contributed by atoms with Crippen LogP contribution >= 0.6 is 0 Å². The van der Waals surface area contributed by atoms with E-state index in [0.29, 0.717) is 31.6 Å². The Bertz CT molecular complexity index is 643. The number of rotatable bonds is 4. The maximum absolute atomic E-state index is 13.6. The van der Waals surface area contributed by atoms with E-state index in [9.17, 15) is 14.3 Å². The molecule has 0 saturated carbocycles. The van der Waals surface area contributed by atoms with Crippen molar-refractivity contribution in [1.82, 2.24) is 14.7 Å². The standard InChI is InChI=1S/C19H26FN3O2/c1-21-10-12-22(13-11-21)14-19(25)8-9-23(15-19)18(24)7-6-16-4-2-3-5-17(16)20/h2-7,25H,8-15H2,1H3/b7-6+/t19-/m1/s1. The number of carbonyl (C=O) groups excluding carboxylic acids is 1. The number of nitrogens with zero attached hydrogens (tertiary/aromatic N) is 3. The van der Waals surface area contributed by atoms with Crippen LogP contribution in [0.25, 0.3) is 6.08 Å². The van der Waals surface area contributed by atoms with Gasteiger partial charge in [0.25, 0.3) is 0 Å². The van der Waals surface area contributed by atoms with Gasteiger partial charge >= 0.3 is 0 Å². The van der Waals surface area contributed by atoms with Gasteiger partial charge < -0.3 is 14.9 Å². The van der Waals surface area contributed by atoms with Crippen LogP contribution in [0.5, 0.6) is 0 Å². The Morgan fingerprint density at radius 2 is 1.96 bits per heavy atom. The first-order valence-corrected chi connectivity index (χ1v) is 8.80. The van der Waals surface area contributed by atoms with Gasteiger partial charge in [-0.3, -0.25) is 9.69 Å². The first-order valence-electron chi connectivity index (χ1n) is 8.80. The molecule has 6 heteroatoms. The van der Waals surface area contributed by atoms with Gasteiger partial charge in [-0.1, -0.05) is 18.2 Å². The summed E-state index contributed by atoms with van der Waals surface area (Å²) in [5.41, 5.74) is -0.458. The van der Waals surface area contributed by atoms with Crippen molar-refractivity contribution in [2.24, 2.45) is 0 Å². The van der Waals surface area contributed by atoms with Gasteiger partial charge in [0.15, 0.2) is 0 Å². The van der Waals surface area contributed by atoms with Crippen LogP contribution in [0.3, 0.4) is 0 Å². The lowest BCUT2D eigenvalue weighted by atomic mass is 10.0. The van der Waals surface area contributed by atoms with Gasteiger partial charge in [0.1, 0.15) is 5.82 Å². The summed E-state index contributed by atoms with van der Waals surface area (Å²) in [6, 6.07) is 6.35. The van der Waals surface area contributed by atoms with Crippen molar-refractivity contribution in [2.75, 3.05) is 52.9 Å². The lowest BCUT2D eigenvalue weighted by Gasteiger charge is -2.36. The van der Waals surface area contributed by atoms with Gasteiger partial charge in [-0.25, -0.2) is 4.39 Å². The van der Waals surface area contributed by atoms with E-state index in [-0.39, 0.29) is 11.7 Å². The van der Waals surface area contributed by atoms with Crippen molar-refractivity contribution in [2.45, 2.75) is 12.0 Å². The molecule has 2 aliphatic rings. The zero-order valence-corrected chi connectivity index (χ0v) is 14.7. The maximum atomic E-state index is 13.6. The number of hydrogen-bond donors (Lipinski definition) is 1. The van der Waals surface area contributed by atoms with Crippen molar-refractivity contribution >= 4 is 12.0 Å². The van der Waals surface area contributed by atoms with E-state index in [1.54, 1.807) is 23.1 Å². The highest BCUT2D eigenvalue weighted by Crippen LogP contribution is 2.23. The molecule has 1 aromatic carbocycles. The molecule has 1 N–H and O–H groups in total. The van der Waals surface area contributed by atoms with Gasteiger partial charge in [-0.15, -0.1) is 0 Å². The summed E-state index contributed by atoms with van der Waals surface area (Å²) >= 11 is 0. The number of halogens is 1. The van der Waals surface area contributed by atoms with Crippen molar-refractivity contribution in [3.05, 3.63) is 41.7 Å². The average Bonchev–Trinajstić information content (AvgIpc) is 2.98. The van der Waals surface area contributed by atoms with Crippen LogP contribution in [0.1, 0.15) is 12.0 Å². The van der Waals surface area contributed by atoms with Crippen LogP contribution in [0, 0.1) is 5.82 Å². The normalized spacial score (nSPS) is 25.8. The molecule has 1 aromatic rings. The third-order valence-corrected chi connectivity index (χ3v) is 5.07. The van der Waals surface area contributed by atoms with Crippen LogP contribution < -0.4 is 0 Å². The van der Waals surface area contributed by atoms with E-state index in [0.717, 1.165) is 26.2 Å². The van der Waals surface area contributed by atoms with E-state index >= 15 is 0 Å². The summed E-state index contributed by atoms with van der Waals surface area (Å²) in [6.07, 6.45) is 3.47. The molecule has 0 aromatic heterocycles. The molecule has 0 bridgehead atoms. The van der Waals surface area contributed by atoms with Crippen LogP contribution in [0.4, 0.5) is 4.39 Å². The highest BCUT2D eigenvalue weighted by Gasteiger charge is 2.39. The molecule has 0 unspecified atom stereocenters. The molecule has 2 aliphatic heterocycles. The molecular weight excluding hydrogens is 321 g/mol. The smallest absolute Gasteiger partial charge is 0.246 e. The van der Waals surface area contributed by atoms with Crippen molar-refractivity contribution < 1.29 is 14.3 Å². The molecular formula is C19H26FN3O2. The lowest BCUT2D eigenvalue weighted by molar-refractivity contribution is -0.126. The zero-order valence-electron chi connectivity index (χ0n) is 14.7. The predicted molar refractivity (Wildman–Crippen MR) is 95.5 cm³/mol. The summed E-state index contributed by atoms with van der Waals surface area (Å²) in [6.45, 7) is 5.36. The number of likely N-dealkylation sites (N-methyl/N-ethyl adjacent to an activating group) is 1. The van der Waals surface area contributed by atoms with E-state index in [4.69, 9.17) is 0 Å². The summed E-state index contributed by atoms with van der Waals surface area (Å²) < 4.78 is 13.6. The third kappa shape index (κ3) is 4.66. The molecule has 136 valence electrons. The average molecular weight is 347 g/mol. The van der Waals surface area contributed by atoms with Crippen LogP contribution in [0.2, 0.25) is 0 Å². The molecule has 3 rings (SSSR count). The second kappa shape index (κ2) is 7.64. The number of hydrogen-bond acceptors (Lipinski definition) is 4. The second-order valence-corrected chi connectivity index (χ2v) is 7.17. The predicted octanol–water partition coefficient (Wildman–Crippen LogP) is 1.05. The Morgan fingerprint density at radius 3 is 2.68 bits per heavy atom. The van der Waals surface area contributed by atoms with E-state index in [1.165, 1.54) is 18.2 Å². The number of likely N-dealkylation sites (tertiary alicyclic amines) is 1. The first kappa shape index (κ1) is 18.0. The van der Waals surface area contributed by atoms with Gasteiger partial charge in [-0.2, -0.15) is 0 Å². The fraction of sp³-hybridized carbons (Fsp3) is 0.526. The SMILES string of the molecule is CN1CCN(C[C@]2(O)CCN(C(=O)/C=C/c3ccccc3F)C2)CC1. The zero-order chi connectivity index (χ0) is 17.9. The quantitative estimate of drug-likeness (QED) is 0.827. The number of piperazine rings is 1. The summed E-state index contributed by atoms with van der Waals surface area (Å²) in [7, 11) is 2.10. The van der Waals surface area contributed by atoms with Crippen molar-refractivity contribution in [3.8, 4) is 0 Å². The molecule has 2 fully saturated rings. The molecule has 5 nitrogen and oxygen atoms in total. The molecule has 25 heavy (non-hydrogen) atoms. The number of amides is 1. The molecule has 0 radical (unpaired) electrons. The van der Waals surface area contributed by atoms with Crippen LogP contribution in [0.15, 0.2) is 30.3 Å². The summed E-state index contributed by atoms with van der Waals surface area (Å²) in [5.74, 6) is -0.530. The van der Waals surface area contributed by atoms with E-state index in [1.807, 2.05) is 0 Å². The van der Waals surface area contributed by atoms with Crippen molar-refractivity contribution in [3.63, 3.8) is 0 Å². The maximum Gasteiger partial charge on any atom is 0.246 e. The first-order chi connectivity index (χ1) is 12.0. The Balaban J connectivity index is 1.54. The van der Waals surface area contributed by atoms with E-state index < -0.39 is 5.60 Å². The minimum atomic E-state index is -0.850. The minimum Gasteiger partial charge on any atom is -0.387 e. The Hall–Kier alpha value is -1.76. The molecule has 0 aliphatic carbocycles. The van der Waals surface area contributed by atoms with E-state index in [2.05, 4.69) is 16.8 Å². The fourth-order valence-electron chi connectivity index (χ4n) is 3.47. The van der Waals surface area contributed by atoms with Crippen LogP contribution in [-0.2, 0) is 4.79 Å².